The Morgan fingerprint density at radius 3 is 2.38 bits per heavy atom. The fourth-order valence-corrected chi connectivity index (χ4v) is 4.90. The molecular formula is C21H19NO3S. The zero-order valence-corrected chi connectivity index (χ0v) is 15.1. The normalized spacial score (nSPS) is 13.1. The van der Waals surface area contributed by atoms with E-state index in [9.17, 15) is 13.2 Å². The lowest BCUT2D eigenvalue weighted by Crippen LogP contribution is -2.24. The zero-order chi connectivity index (χ0) is 18.1. The van der Waals surface area contributed by atoms with Gasteiger partial charge in [0.1, 0.15) is 5.75 Å². The highest BCUT2D eigenvalue weighted by atomic mass is 32.2. The maximum atomic E-state index is 12.4. The molecule has 4 rings (SSSR count). The molecule has 1 amide bonds. The topological polar surface area (TPSA) is 63.2 Å². The minimum Gasteiger partial charge on any atom is -0.325 e. The van der Waals surface area contributed by atoms with Crippen LogP contribution in [0, 0.1) is 0 Å². The number of carbonyl (C=O) groups excluding carboxylic acids is 1. The number of hydrogen-bond donors (Lipinski definition) is 1. The number of benzene rings is 3. The first-order valence-electron chi connectivity index (χ1n) is 8.59. The summed E-state index contributed by atoms with van der Waals surface area (Å²) < 4.78 is 24.6. The molecule has 1 N–H and O–H groups in total. The van der Waals surface area contributed by atoms with Crippen molar-refractivity contribution in [3.63, 3.8) is 0 Å². The van der Waals surface area contributed by atoms with Gasteiger partial charge in [0, 0.05) is 11.1 Å². The summed E-state index contributed by atoms with van der Waals surface area (Å²) in [5, 5.41) is 4.96. The molecule has 0 saturated carbocycles. The van der Waals surface area contributed by atoms with E-state index in [1.54, 1.807) is 24.3 Å². The molecule has 0 bridgehead atoms. The van der Waals surface area contributed by atoms with Gasteiger partial charge in [-0.1, -0.05) is 54.6 Å². The second-order valence-electron chi connectivity index (χ2n) is 6.68. The van der Waals surface area contributed by atoms with E-state index < -0.39 is 21.5 Å². The Morgan fingerprint density at radius 2 is 1.62 bits per heavy atom. The van der Waals surface area contributed by atoms with Crippen LogP contribution in [0.25, 0.3) is 10.8 Å². The average Bonchev–Trinajstić information content (AvgIpc) is 3.02. The van der Waals surface area contributed by atoms with Gasteiger partial charge >= 0.3 is 0 Å². The van der Waals surface area contributed by atoms with Gasteiger partial charge in [0.05, 0.1) is 5.75 Å². The van der Waals surface area contributed by atoms with Gasteiger partial charge in [-0.15, -0.1) is 0 Å². The summed E-state index contributed by atoms with van der Waals surface area (Å²) >= 11 is 0. The van der Waals surface area contributed by atoms with Crippen LogP contribution in [-0.4, -0.2) is 20.1 Å². The van der Waals surface area contributed by atoms with Crippen LogP contribution in [0.15, 0.2) is 60.7 Å². The van der Waals surface area contributed by atoms with Crippen molar-refractivity contribution in [1.29, 1.82) is 0 Å². The Labute approximate surface area is 152 Å². The van der Waals surface area contributed by atoms with Gasteiger partial charge in [0.15, 0.2) is 9.84 Å². The molecule has 1 aliphatic rings. The lowest BCUT2D eigenvalue weighted by molar-refractivity contribution is -0.113. The summed E-state index contributed by atoms with van der Waals surface area (Å²) in [5.41, 5.74) is 3.92. The van der Waals surface area contributed by atoms with Crippen molar-refractivity contribution in [3.8, 4) is 0 Å². The SMILES string of the molecule is O=C(CS(=O)(=O)Cc1ccccc1)Nc1ccc2c3c(cccc13)CC2. The number of sulfone groups is 1. The molecular weight excluding hydrogens is 346 g/mol. The van der Waals surface area contributed by atoms with Crippen LogP contribution < -0.4 is 5.32 Å². The summed E-state index contributed by atoms with van der Waals surface area (Å²) in [6, 6.07) is 18.9. The number of nitrogens with one attached hydrogen (secondary N) is 1. The predicted octanol–water partition coefficient (Wildman–Crippen LogP) is 3.49. The zero-order valence-electron chi connectivity index (χ0n) is 14.2. The molecule has 0 atom stereocenters. The minimum atomic E-state index is -3.52. The number of rotatable bonds is 5. The molecule has 0 unspecified atom stereocenters. The maximum absolute atomic E-state index is 12.4. The molecule has 0 aromatic heterocycles. The highest BCUT2D eigenvalue weighted by Crippen LogP contribution is 2.34. The Bertz CT molecular complexity index is 1080. The first kappa shape index (κ1) is 16.8. The van der Waals surface area contributed by atoms with Crippen molar-refractivity contribution in [1.82, 2.24) is 0 Å². The van der Waals surface area contributed by atoms with Gasteiger partial charge in [0.2, 0.25) is 5.91 Å². The second-order valence-corrected chi connectivity index (χ2v) is 8.74. The molecule has 0 radical (unpaired) electrons. The average molecular weight is 365 g/mol. The van der Waals surface area contributed by atoms with Crippen molar-refractivity contribution in [2.24, 2.45) is 0 Å². The summed E-state index contributed by atoms with van der Waals surface area (Å²) in [6.07, 6.45) is 2.02. The van der Waals surface area contributed by atoms with Gasteiger partial charge < -0.3 is 5.32 Å². The summed E-state index contributed by atoms with van der Waals surface area (Å²) in [4.78, 5) is 12.4. The third kappa shape index (κ3) is 3.35. The summed E-state index contributed by atoms with van der Waals surface area (Å²) in [6.45, 7) is 0. The fraction of sp³-hybridized carbons (Fsp3) is 0.190. The molecule has 4 nitrogen and oxygen atoms in total. The molecule has 0 aliphatic heterocycles. The molecule has 26 heavy (non-hydrogen) atoms. The fourth-order valence-electron chi connectivity index (χ4n) is 3.62. The molecule has 0 spiro atoms. The van der Waals surface area contributed by atoms with Crippen molar-refractivity contribution in [2.45, 2.75) is 18.6 Å². The van der Waals surface area contributed by atoms with Gasteiger partial charge in [0.25, 0.3) is 0 Å². The van der Waals surface area contributed by atoms with Crippen molar-refractivity contribution in [2.75, 3.05) is 11.1 Å². The predicted molar refractivity (Wildman–Crippen MR) is 104 cm³/mol. The first-order valence-corrected chi connectivity index (χ1v) is 10.4. The van der Waals surface area contributed by atoms with Crippen LogP contribution in [-0.2, 0) is 33.2 Å². The number of amides is 1. The smallest absolute Gasteiger partial charge is 0.239 e. The van der Waals surface area contributed by atoms with E-state index in [1.807, 2.05) is 30.3 Å². The quantitative estimate of drug-likeness (QED) is 0.753. The van der Waals surface area contributed by atoms with Crippen LogP contribution >= 0.6 is 0 Å². The molecule has 0 fully saturated rings. The van der Waals surface area contributed by atoms with Crippen molar-refractivity contribution >= 4 is 32.2 Å². The Balaban J connectivity index is 1.53. The van der Waals surface area contributed by atoms with E-state index in [0.29, 0.717) is 11.3 Å². The molecule has 3 aromatic carbocycles. The lowest BCUT2D eigenvalue weighted by atomic mass is 10.0. The highest BCUT2D eigenvalue weighted by Gasteiger charge is 2.20. The minimum absolute atomic E-state index is 0.134. The van der Waals surface area contributed by atoms with Gasteiger partial charge in [-0.05, 0) is 41.0 Å². The Hall–Kier alpha value is -2.66. The van der Waals surface area contributed by atoms with E-state index in [0.717, 1.165) is 18.2 Å². The molecule has 0 saturated heterocycles. The van der Waals surface area contributed by atoms with E-state index in [2.05, 4.69) is 11.4 Å². The highest BCUT2D eigenvalue weighted by molar-refractivity contribution is 7.91. The third-order valence-corrected chi connectivity index (χ3v) is 6.21. The lowest BCUT2D eigenvalue weighted by Gasteiger charge is -2.11. The van der Waals surface area contributed by atoms with E-state index in [4.69, 9.17) is 0 Å². The molecule has 5 heteroatoms. The second kappa shape index (κ2) is 6.57. The van der Waals surface area contributed by atoms with Crippen LogP contribution in [0.2, 0.25) is 0 Å². The van der Waals surface area contributed by atoms with Crippen LogP contribution in [0.4, 0.5) is 5.69 Å². The Morgan fingerprint density at radius 1 is 0.885 bits per heavy atom. The molecule has 132 valence electrons. The van der Waals surface area contributed by atoms with Crippen LogP contribution in [0.1, 0.15) is 16.7 Å². The van der Waals surface area contributed by atoms with Crippen LogP contribution in [0.5, 0.6) is 0 Å². The summed E-state index contributed by atoms with van der Waals surface area (Å²) in [5.74, 6) is -1.16. The van der Waals surface area contributed by atoms with Crippen LogP contribution in [0.3, 0.4) is 0 Å². The van der Waals surface area contributed by atoms with Crippen molar-refractivity contribution < 1.29 is 13.2 Å². The van der Waals surface area contributed by atoms with Gasteiger partial charge in [-0.25, -0.2) is 8.42 Å². The first-order chi connectivity index (χ1) is 12.5. The molecule has 3 aromatic rings. The third-order valence-electron chi connectivity index (χ3n) is 4.73. The molecule has 1 aliphatic carbocycles. The Kier molecular flexibility index (Phi) is 4.24. The molecule has 0 heterocycles. The summed E-state index contributed by atoms with van der Waals surface area (Å²) in [7, 11) is -3.52. The number of aryl methyl sites for hydroxylation is 2. The monoisotopic (exact) mass is 365 g/mol. The van der Waals surface area contributed by atoms with Crippen molar-refractivity contribution in [3.05, 3.63) is 77.4 Å². The number of anilines is 1. The largest absolute Gasteiger partial charge is 0.325 e. The standard InChI is InChI=1S/C21H19NO3S/c23-20(14-26(24,25)13-15-5-2-1-3-6-15)22-19-12-11-17-10-9-16-7-4-8-18(19)21(16)17/h1-8,11-12H,9-10,13-14H2,(H,22,23). The van der Waals surface area contributed by atoms with E-state index >= 15 is 0 Å². The van der Waals surface area contributed by atoms with E-state index in [1.165, 1.54) is 16.5 Å². The number of carbonyl (C=O) groups is 1. The number of hydrogen-bond acceptors (Lipinski definition) is 3. The van der Waals surface area contributed by atoms with Gasteiger partial charge in [-0.2, -0.15) is 0 Å². The van der Waals surface area contributed by atoms with Gasteiger partial charge in [-0.3, -0.25) is 4.79 Å². The maximum Gasteiger partial charge on any atom is 0.239 e. The van der Waals surface area contributed by atoms with E-state index in [-0.39, 0.29) is 5.75 Å².